The first-order chi connectivity index (χ1) is 18.2. The summed E-state index contributed by atoms with van der Waals surface area (Å²) in [7, 11) is -0.494. The number of halogens is 2. The largest absolute Gasteiger partial charge is 0.463 e. The molecule has 0 saturated heterocycles. The lowest BCUT2D eigenvalue weighted by Gasteiger charge is -2.37. The van der Waals surface area contributed by atoms with Gasteiger partial charge in [-0.3, -0.25) is 4.79 Å². The molecule has 0 fully saturated rings. The number of nitrogens with one attached hydrogen (secondary N) is 1. The lowest BCUT2D eigenvalue weighted by atomic mass is 10.0. The Balaban J connectivity index is 1.76. The second-order valence-electron chi connectivity index (χ2n) is 11.0. The number of hydrogen-bond acceptors (Lipinski definition) is 5. The van der Waals surface area contributed by atoms with Crippen LogP contribution >= 0.6 is 15.9 Å². The minimum atomic E-state index is -2.16. The maximum Gasteiger partial charge on any atom is 0.432 e. The zero-order valence-electron chi connectivity index (χ0n) is 22.8. The molecule has 4 aromatic rings. The third kappa shape index (κ3) is 5.85. The van der Waals surface area contributed by atoms with E-state index in [1.54, 1.807) is 42.1 Å². The Morgan fingerprint density at radius 1 is 1.15 bits per heavy atom. The molecule has 4 rings (SSSR count). The van der Waals surface area contributed by atoms with E-state index in [9.17, 15) is 19.1 Å². The number of hydrogen-bond donors (Lipinski definition) is 2. The van der Waals surface area contributed by atoms with Crippen LogP contribution in [0.4, 0.5) is 15.0 Å². The van der Waals surface area contributed by atoms with E-state index in [0.29, 0.717) is 32.3 Å². The Hall–Kier alpha value is -3.28. The molecular weight excluding hydrogens is 583 g/mol. The molecule has 0 spiro atoms. The van der Waals surface area contributed by atoms with Crippen molar-refractivity contribution in [1.29, 1.82) is 0 Å². The maximum absolute atomic E-state index is 14.4. The van der Waals surface area contributed by atoms with Crippen LogP contribution in [0.15, 0.2) is 64.0 Å². The molecule has 2 aromatic carbocycles. The minimum absolute atomic E-state index is 0.0336. The standard InChI is InChI=1S/C28H32BrFN4O4Si/c1-28(2,3)39(5,6)38-16-24(19-11-20(29)15-21(30)12-19)33-10-9-18(14-25(33)35)17-7-8-23-22(13-17)26(31-4)32-34(23)27(36)37/h7-15,24H,16H2,1-6H3,(H,31,32)(H,36,37). The molecule has 2 N–H and O–H groups in total. The van der Waals surface area contributed by atoms with Gasteiger partial charge in [-0.05, 0) is 71.2 Å². The lowest BCUT2D eigenvalue weighted by molar-refractivity contribution is 0.194. The molecule has 0 saturated carbocycles. The predicted molar refractivity (Wildman–Crippen MR) is 158 cm³/mol. The zero-order valence-corrected chi connectivity index (χ0v) is 25.3. The normalized spacial score (nSPS) is 13.0. The fourth-order valence-electron chi connectivity index (χ4n) is 4.16. The molecule has 206 valence electrons. The van der Waals surface area contributed by atoms with Gasteiger partial charge in [0, 0.05) is 29.2 Å². The second kappa shape index (κ2) is 10.7. The van der Waals surface area contributed by atoms with Crippen molar-refractivity contribution in [2.24, 2.45) is 0 Å². The van der Waals surface area contributed by atoms with Crippen molar-refractivity contribution < 1.29 is 18.7 Å². The average molecular weight is 616 g/mol. The average Bonchev–Trinajstić information content (AvgIpc) is 3.22. The second-order valence-corrected chi connectivity index (χ2v) is 16.7. The summed E-state index contributed by atoms with van der Waals surface area (Å²) in [6, 6.07) is 12.6. The molecule has 0 bridgehead atoms. The number of carboxylic acid groups (broad SMARTS) is 1. The minimum Gasteiger partial charge on any atom is -0.463 e. The predicted octanol–water partition coefficient (Wildman–Crippen LogP) is 6.95. The zero-order chi connectivity index (χ0) is 28.7. The van der Waals surface area contributed by atoms with Crippen LogP contribution in [0.25, 0.3) is 22.0 Å². The van der Waals surface area contributed by atoms with Gasteiger partial charge in [-0.2, -0.15) is 4.68 Å². The highest BCUT2D eigenvalue weighted by Crippen LogP contribution is 2.38. The van der Waals surface area contributed by atoms with Gasteiger partial charge in [0.2, 0.25) is 0 Å². The Bertz CT molecular complexity index is 1590. The van der Waals surface area contributed by atoms with Crippen LogP contribution in [0.3, 0.4) is 0 Å². The van der Waals surface area contributed by atoms with Crippen LogP contribution in [-0.2, 0) is 4.43 Å². The van der Waals surface area contributed by atoms with E-state index in [1.807, 2.05) is 6.07 Å². The number of fused-ring (bicyclic) bond motifs is 1. The van der Waals surface area contributed by atoms with Gasteiger partial charge in [0.05, 0.1) is 18.2 Å². The van der Waals surface area contributed by atoms with E-state index in [1.165, 1.54) is 18.2 Å². The topological polar surface area (TPSA) is 98.4 Å². The molecule has 0 aliphatic rings. The number of rotatable bonds is 7. The molecular formula is C28H32BrFN4O4Si. The van der Waals surface area contributed by atoms with Gasteiger partial charge >= 0.3 is 6.09 Å². The van der Waals surface area contributed by atoms with Crippen LogP contribution in [0.5, 0.6) is 0 Å². The maximum atomic E-state index is 14.4. The van der Waals surface area contributed by atoms with Gasteiger partial charge in [0.1, 0.15) is 5.82 Å². The van der Waals surface area contributed by atoms with Crippen LogP contribution in [0.1, 0.15) is 32.4 Å². The first-order valence-corrected chi connectivity index (χ1v) is 16.2. The molecule has 0 aliphatic heterocycles. The van der Waals surface area contributed by atoms with Gasteiger partial charge < -0.3 is 19.4 Å². The molecule has 0 radical (unpaired) electrons. The molecule has 1 unspecified atom stereocenters. The first kappa shape index (κ1) is 28.7. The summed E-state index contributed by atoms with van der Waals surface area (Å²) in [5.41, 5.74) is 2.18. The quantitative estimate of drug-likeness (QED) is 0.219. The van der Waals surface area contributed by atoms with Gasteiger partial charge in [-0.15, -0.1) is 5.10 Å². The first-order valence-electron chi connectivity index (χ1n) is 12.5. The van der Waals surface area contributed by atoms with Gasteiger partial charge in [0.15, 0.2) is 14.1 Å². The number of anilines is 1. The van der Waals surface area contributed by atoms with E-state index < -0.39 is 26.3 Å². The summed E-state index contributed by atoms with van der Waals surface area (Å²) in [5.74, 6) is 0.0130. The van der Waals surface area contributed by atoms with Crippen LogP contribution in [0, 0.1) is 5.82 Å². The Morgan fingerprint density at radius 2 is 1.85 bits per heavy atom. The van der Waals surface area contributed by atoms with E-state index in [-0.39, 0.29) is 17.2 Å². The van der Waals surface area contributed by atoms with Crippen molar-refractivity contribution in [2.75, 3.05) is 19.0 Å². The van der Waals surface area contributed by atoms with Crippen molar-refractivity contribution >= 4 is 47.1 Å². The number of nitrogens with zero attached hydrogens (tertiary/aromatic N) is 3. The molecule has 11 heteroatoms. The fourth-order valence-corrected chi connectivity index (χ4v) is 5.65. The summed E-state index contributed by atoms with van der Waals surface area (Å²) in [6.07, 6.45) is 0.506. The van der Waals surface area contributed by atoms with Crippen molar-refractivity contribution in [3.05, 3.63) is 80.9 Å². The lowest BCUT2D eigenvalue weighted by Crippen LogP contribution is -2.43. The highest BCUT2D eigenvalue weighted by Gasteiger charge is 2.38. The number of carbonyl (C=O) groups is 1. The number of aromatic nitrogens is 3. The summed E-state index contributed by atoms with van der Waals surface area (Å²) in [5, 5.41) is 17.1. The summed E-state index contributed by atoms with van der Waals surface area (Å²) >= 11 is 3.37. The fraction of sp³-hybridized carbons (Fsp3) is 0.321. The van der Waals surface area contributed by atoms with Crippen LogP contribution in [0.2, 0.25) is 18.1 Å². The Morgan fingerprint density at radius 3 is 2.44 bits per heavy atom. The van der Waals surface area contributed by atoms with E-state index in [4.69, 9.17) is 4.43 Å². The SMILES string of the molecule is CNc1nn(C(=O)O)c2ccc(-c3ccn(C(CO[Si](C)(C)C(C)(C)C)c4cc(F)cc(Br)c4)c(=O)c3)cc12. The van der Waals surface area contributed by atoms with Crippen molar-refractivity contribution in [3.8, 4) is 11.1 Å². The summed E-state index contributed by atoms with van der Waals surface area (Å²) in [6.45, 7) is 10.9. The van der Waals surface area contributed by atoms with Crippen molar-refractivity contribution in [2.45, 2.75) is 44.9 Å². The van der Waals surface area contributed by atoms with E-state index in [0.717, 1.165) is 10.2 Å². The third-order valence-corrected chi connectivity index (χ3v) is 12.4. The molecule has 8 nitrogen and oxygen atoms in total. The van der Waals surface area contributed by atoms with Gasteiger partial charge in [-0.25, -0.2) is 9.18 Å². The molecule has 2 aromatic heterocycles. The Kier molecular flexibility index (Phi) is 7.88. The molecule has 39 heavy (non-hydrogen) atoms. The van der Waals surface area contributed by atoms with Crippen LogP contribution < -0.4 is 10.9 Å². The Labute approximate surface area is 235 Å². The molecule has 0 aliphatic carbocycles. The van der Waals surface area contributed by atoms with Crippen LogP contribution in [-0.4, -0.2) is 47.5 Å². The van der Waals surface area contributed by atoms with E-state index >= 15 is 0 Å². The van der Waals surface area contributed by atoms with Crippen molar-refractivity contribution in [1.82, 2.24) is 14.3 Å². The third-order valence-electron chi connectivity index (χ3n) is 7.39. The van der Waals surface area contributed by atoms with Crippen molar-refractivity contribution in [3.63, 3.8) is 0 Å². The smallest absolute Gasteiger partial charge is 0.432 e. The highest BCUT2D eigenvalue weighted by molar-refractivity contribution is 9.10. The van der Waals surface area contributed by atoms with Gasteiger partial charge in [0.25, 0.3) is 5.56 Å². The summed E-state index contributed by atoms with van der Waals surface area (Å²) < 4.78 is 23.9. The van der Waals surface area contributed by atoms with Gasteiger partial charge in [-0.1, -0.05) is 42.8 Å². The highest BCUT2D eigenvalue weighted by atomic mass is 79.9. The molecule has 2 heterocycles. The molecule has 1 atom stereocenters. The monoisotopic (exact) mass is 614 g/mol. The number of benzene rings is 2. The number of pyridine rings is 1. The summed E-state index contributed by atoms with van der Waals surface area (Å²) in [4.78, 5) is 25.1. The molecule has 0 amide bonds. The van der Waals surface area contributed by atoms with E-state index in [2.05, 4.69) is 60.2 Å².